The van der Waals surface area contributed by atoms with Crippen LogP contribution in [-0.2, 0) is 11.0 Å². The molecule has 0 spiro atoms. The molecule has 0 radical (unpaired) electrons. The second-order valence-corrected chi connectivity index (χ2v) is 8.65. The summed E-state index contributed by atoms with van der Waals surface area (Å²) in [5.74, 6) is -1.51. The van der Waals surface area contributed by atoms with Gasteiger partial charge in [-0.1, -0.05) is 28.4 Å². The molecule has 1 saturated heterocycles. The fourth-order valence-corrected chi connectivity index (χ4v) is 4.09. The molecule has 0 atom stereocenters. The standard InChI is InChI=1S/C22H15Cl2F3N6O2/c23-13-3-1-12(2-4-13)20(34)35-31-15-7-9-32(10-8-15)18-19-29-30-21(22(25,26)27)33(19)17-11-14(24)5-6-16(17)28-18/h1-6,11H,7-10H2. The minimum Gasteiger partial charge on any atom is -0.353 e. The Labute approximate surface area is 205 Å². The summed E-state index contributed by atoms with van der Waals surface area (Å²) in [6.07, 6.45) is -3.88. The van der Waals surface area contributed by atoms with Gasteiger partial charge in [0.2, 0.25) is 11.5 Å². The molecule has 0 amide bonds. The Morgan fingerprint density at radius 2 is 1.69 bits per heavy atom. The number of rotatable bonds is 3. The zero-order valence-corrected chi connectivity index (χ0v) is 19.3. The number of oxime groups is 1. The lowest BCUT2D eigenvalue weighted by molar-refractivity contribution is -0.145. The average Bonchev–Trinajstić information content (AvgIpc) is 3.29. The van der Waals surface area contributed by atoms with E-state index in [-0.39, 0.29) is 22.0 Å². The number of anilines is 1. The van der Waals surface area contributed by atoms with Crippen molar-refractivity contribution in [3.8, 4) is 0 Å². The van der Waals surface area contributed by atoms with E-state index >= 15 is 0 Å². The molecule has 2 aromatic heterocycles. The summed E-state index contributed by atoms with van der Waals surface area (Å²) in [7, 11) is 0. The first-order chi connectivity index (χ1) is 16.7. The highest BCUT2D eigenvalue weighted by Gasteiger charge is 2.38. The number of hydrogen-bond acceptors (Lipinski definition) is 7. The number of aromatic nitrogens is 4. The molecule has 1 fully saturated rings. The highest BCUT2D eigenvalue weighted by Crippen LogP contribution is 2.34. The number of fused-ring (bicyclic) bond motifs is 3. The van der Waals surface area contributed by atoms with Crippen LogP contribution in [0.5, 0.6) is 0 Å². The number of carbonyl (C=O) groups is 1. The number of alkyl halides is 3. The van der Waals surface area contributed by atoms with Gasteiger partial charge >= 0.3 is 12.1 Å². The first-order valence-corrected chi connectivity index (χ1v) is 11.2. The van der Waals surface area contributed by atoms with E-state index < -0.39 is 18.0 Å². The van der Waals surface area contributed by atoms with E-state index in [0.717, 1.165) is 4.40 Å². The summed E-state index contributed by atoms with van der Waals surface area (Å²) in [5.41, 5.74) is 1.40. The summed E-state index contributed by atoms with van der Waals surface area (Å²) in [4.78, 5) is 23.5. The summed E-state index contributed by atoms with van der Waals surface area (Å²) in [5, 5.41) is 11.9. The Hall–Kier alpha value is -3.44. The lowest BCUT2D eigenvalue weighted by Gasteiger charge is -2.28. The molecule has 13 heteroatoms. The summed E-state index contributed by atoms with van der Waals surface area (Å²) >= 11 is 11.8. The molecule has 0 N–H and O–H groups in total. The Morgan fingerprint density at radius 3 is 2.37 bits per heavy atom. The molecule has 1 aliphatic heterocycles. The second-order valence-electron chi connectivity index (χ2n) is 7.78. The maximum atomic E-state index is 13.6. The molecule has 2 aromatic carbocycles. The summed E-state index contributed by atoms with van der Waals surface area (Å²) in [6, 6.07) is 10.7. The van der Waals surface area contributed by atoms with Crippen LogP contribution in [0.25, 0.3) is 16.7 Å². The molecule has 180 valence electrons. The minimum atomic E-state index is -4.72. The fourth-order valence-electron chi connectivity index (χ4n) is 3.80. The molecule has 4 aromatic rings. The van der Waals surface area contributed by atoms with E-state index in [0.29, 0.717) is 47.7 Å². The van der Waals surface area contributed by atoms with Gasteiger partial charge in [0.1, 0.15) is 0 Å². The third-order valence-corrected chi connectivity index (χ3v) is 5.99. The van der Waals surface area contributed by atoms with E-state index in [1.807, 2.05) is 0 Å². The van der Waals surface area contributed by atoms with E-state index in [9.17, 15) is 18.0 Å². The van der Waals surface area contributed by atoms with Gasteiger partial charge in [0.25, 0.3) is 0 Å². The van der Waals surface area contributed by atoms with Crippen molar-refractivity contribution in [2.75, 3.05) is 18.0 Å². The minimum absolute atomic E-state index is 0.0263. The maximum Gasteiger partial charge on any atom is 0.452 e. The predicted octanol–water partition coefficient (Wildman–Crippen LogP) is 5.42. The molecule has 5 rings (SSSR count). The van der Waals surface area contributed by atoms with E-state index in [1.165, 1.54) is 18.2 Å². The van der Waals surface area contributed by atoms with Gasteiger partial charge in [-0.25, -0.2) is 9.78 Å². The van der Waals surface area contributed by atoms with E-state index in [4.69, 9.17) is 28.0 Å². The van der Waals surface area contributed by atoms with Gasteiger partial charge in [0.15, 0.2) is 5.82 Å². The number of halogens is 5. The number of piperidine rings is 1. The van der Waals surface area contributed by atoms with Gasteiger partial charge in [-0.2, -0.15) is 13.2 Å². The zero-order valence-electron chi connectivity index (χ0n) is 17.8. The molecular weight excluding hydrogens is 508 g/mol. The van der Waals surface area contributed by atoms with Crippen LogP contribution in [-0.4, -0.2) is 44.4 Å². The topological polar surface area (TPSA) is 85.0 Å². The smallest absolute Gasteiger partial charge is 0.353 e. The van der Waals surface area contributed by atoms with Crippen molar-refractivity contribution in [1.82, 2.24) is 19.6 Å². The average molecular weight is 523 g/mol. The van der Waals surface area contributed by atoms with E-state index in [1.54, 1.807) is 29.2 Å². The molecule has 8 nitrogen and oxygen atoms in total. The lowest BCUT2D eigenvalue weighted by Crippen LogP contribution is -2.35. The van der Waals surface area contributed by atoms with Crippen molar-refractivity contribution in [3.05, 3.63) is 63.9 Å². The largest absolute Gasteiger partial charge is 0.452 e. The Bertz CT molecular complexity index is 1460. The van der Waals surface area contributed by atoms with Crippen LogP contribution in [0.2, 0.25) is 10.0 Å². The molecule has 35 heavy (non-hydrogen) atoms. The van der Waals surface area contributed by atoms with Crippen LogP contribution in [0, 0.1) is 0 Å². The van der Waals surface area contributed by atoms with Crippen LogP contribution < -0.4 is 4.90 Å². The molecule has 0 unspecified atom stereocenters. The van der Waals surface area contributed by atoms with Crippen molar-refractivity contribution in [2.45, 2.75) is 19.0 Å². The van der Waals surface area contributed by atoms with Crippen LogP contribution in [0.1, 0.15) is 29.0 Å². The van der Waals surface area contributed by atoms with Crippen molar-refractivity contribution >= 4 is 57.4 Å². The number of carbonyl (C=O) groups excluding carboxylic acids is 1. The monoisotopic (exact) mass is 522 g/mol. The van der Waals surface area contributed by atoms with Crippen LogP contribution in [0.4, 0.5) is 19.0 Å². The predicted molar refractivity (Wildman–Crippen MR) is 124 cm³/mol. The third kappa shape index (κ3) is 4.61. The van der Waals surface area contributed by atoms with Crippen molar-refractivity contribution in [1.29, 1.82) is 0 Å². The van der Waals surface area contributed by atoms with E-state index in [2.05, 4.69) is 20.3 Å². The van der Waals surface area contributed by atoms with Crippen molar-refractivity contribution in [2.24, 2.45) is 5.16 Å². The number of hydrogen-bond donors (Lipinski definition) is 0. The normalized spacial score (nSPS) is 14.5. The first-order valence-electron chi connectivity index (χ1n) is 10.4. The van der Waals surface area contributed by atoms with Gasteiger partial charge < -0.3 is 9.74 Å². The van der Waals surface area contributed by atoms with Crippen LogP contribution in [0.15, 0.2) is 47.6 Å². The van der Waals surface area contributed by atoms with Crippen LogP contribution >= 0.6 is 23.2 Å². The molecule has 0 bridgehead atoms. The molecule has 3 heterocycles. The maximum absolute atomic E-state index is 13.6. The van der Waals surface area contributed by atoms with Gasteiger partial charge in [0.05, 0.1) is 22.3 Å². The second kappa shape index (κ2) is 8.97. The Kier molecular flexibility index (Phi) is 5.97. The van der Waals surface area contributed by atoms with Crippen molar-refractivity contribution < 1.29 is 22.8 Å². The SMILES string of the molecule is O=C(ON=C1CCN(c2nc3ccc(Cl)cc3n3c(C(F)(F)F)nnc23)CC1)c1ccc(Cl)cc1. The molecule has 0 aliphatic carbocycles. The highest BCUT2D eigenvalue weighted by molar-refractivity contribution is 6.31. The molecule has 0 saturated carbocycles. The number of benzene rings is 2. The first kappa shape index (κ1) is 23.3. The Balaban J connectivity index is 1.40. The van der Waals surface area contributed by atoms with Crippen LogP contribution in [0.3, 0.4) is 0 Å². The Morgan fingerprint density at radius 1 is 1.00 bits per heavy atom. The number of nitrogens with zero attached hydrogens (tertiary/aromatic N) is 6. The third-order valence-electron chi connectivity index (χ3n) is 5.50. The highest BCUT2D eigenvalue weighted by atomic mass is 35.5. The lowest BCUT2D eigenvalue weighted by atomic mass is 10.1. The molecular formula is C22H15Cl2F3N6O2. The fraction of sp³-hybridized carbons (Fsp3) is 0.227. The quantitative estimate of drug-likeness (QED) is 0.264. The van der Waals surface area contributed by atoms with Gasteiger partial charge in [-0.3, -0.25) is 4.40 Å². The van der Waals surface area contributed by atoms with Gasteiger partial charge in [-0.05, 0) is 42.5 Å². The molecule has 1 aliphatic rings. The van der Waals surface area contributed by atoms with Crippen molar-refractivity contribution in [3.63, 3.8) is 0 Å². The van der Waals surface area contributed by atoms with Gasteiger partial charge in [-0.15, -0.1) is 10.2 Å². The summed E-state index contributed by atoms with van der Waals surface area (Å²) in [6.45, 7) is 0.764. The zero-order chi connectivity index (χ0) is 24.7. The summed E-state index contributed by atoms with van der Waals surface area (Å²) < 4.78 is 41.9. The van der Waals surface area contributed by atoms with Gasteiger partial charge in [0, 0.05) is 36.0 Å².